The normalized spacial score (nSPS) is 13.8. The van der Waals surface area contributed by atoms with Crippen LogP contribution in [-0.4, -0.2) is 31.3 Å². The molecule has 1 heterocycles. The summed E-state index contributed by atoms with van der Waals surface area (Å²) in [7, 11) is 0. The van der Waals surface area contributed by atoms with Crippen molar-refractivity contribution >= 4 is 45.0 Å². The van der Waals surface area contributed by atoms with Gasteiger partial charge in [-0.25, -0.2) is 0 Å². The van der Waals surface area contributed by atoms with E-state index in [1.807, 2.05) is 4.57 Å². The Morgan fingerprint density at radius 3 is 2.96 bits per heavy atom. The van der Waals surface area contributed by atoms with Crippen LogP contribution >= 0.6 is 27.7 Å². The molecule has 1 N–H and O–H groups in total. The molecule has 0 aliphatic heterocycles. The molecule has 1 saturated carbocycles. The molecule has 2 aromatic rings. The minimum absolute atomic E-state index is 0.0400. The van der Waals surface area contributed by atoms with E-state index in [9.17, 15) is 14.9 Å². The molecule has 1 fully saturated rings. The Morgan fingerprint density at radius 1 is 1.52 bits per heavy atom. The highest BCUT2D eigenvalue weighted by Gasteiger charge is 2.26. The number of halogens is 1. The van der Waals surface area contributed by atoms with Crippen molar-refractivity contribution in [2.24, 2.45) is 0 Å². The number of thioether (sulfide) groups is 1. The number of rotatable bonds is 6. The molecule has 0 unspecified atom stereocenters. The molecule has 1 amide bonds. The number of nitro benzene ring substituents is 1. The average Bonchev–Trinajstić information content (AvgIpc) is 3.25. The van der Waals surface area contributed by atoms with Crippen LogP contribution in [0.25, 0.3) is 0 Å². The molecular weight excluding hydrogens is 386 g/mol. The third-order valence-electron chi connectivity index (χ3n) is 3.25. The first-order valence-electron chi connectivity index (χ1n) is 6.80. The molecule has 0 bridgehead atoms. The summed E-state index contributed by atoms with van der Waals surface area (Å²) >= 11 is 4.54. The standard InChI is InChI=1S/C13H12BrN5O3S/c14-10-5-9(19(21)22)3-4-11(10)16-12(20)6-23-13-17-15-7-18(13)8-1-2-8/h3-5,7-8H,1-2,6H2,(H,16,20). The number of aromatic nitrogens is 3. The zero-order chi connectivity index (χ0) is 16.4. The highest BCUT2D eigenvalue weighted by atomic mass is 79.9. The van der Waals surface area contributed by atoms with E-state index in [4.69, 9.17) is 0 Å². The van der Waals surface area contributed by atoms with Gasteiger partial charge in [-0.1, -0.05) is 11.8 Å². The molecule has 1 aromatic carbocycles. The van der Waals surface area contributed by atoms with E-state index in [0.29, 0.717) is 16.2 Å². The molecule has 8 nitrogen and oxygen atoms in total. The summed E-state index contributed by atoms with van der Waals surface area (Å²) in [5, 5.41) is 22.0. The lowest BCUT2D eigenvalue weighted by atomic mass is 10.3. The largest absolute Gasteiger partial charge is 0.324 e. The first kappa shape index (κ1) is 15.9. The third kappa shape index (κ3) is 3.88. The number of benzene rings is 1. The average molecular weight is 398 g/mol. The number of carbonyl (C=O) groups is 1. The number of carbonyl (C=O) groups excluding carboxylic acids is 1. The van der Waals surface area contributed by atoms with Gasteiger partial charge in [-0.3, -0.25) is 14.9 Å². The van der Waals surface area contributed by atoms with Crippen LogP contribution < -0.4 is 5.32 Å². The Kier molecular flexibility index (Phi) is 4.62. The molecule has 0 radical (unpaired) electrons. The van der Waals surface area contributed by atoms with E-state index in [1.165, 1.54) is 30.0 Å². The number of amides is 1. The Bertz CT molecular complexity index is 762. The van der Waals surface area contributed by atoms with Crippen LogP contribution in [0.3, 0.4) is 0 Å². The van der Waals surface area contributed by atoms with Crippen molar-refractivity contribution in [1.82, 2.24) is 14.8 Å². The van der Waals surface area contributed by atoms with Gasteiger partial charge in [-0.15, -0.1) is 10.2 Å². The lowest BCUT2D eigenvalue weighted by molar-refractivity contribution is -0.384. The lowest BCUT2D eigenvalue weighted by Gasteiger charge is -2.07. The van der Waals surface area contributed by atoms with Crippen LogP contribution in [0.1, 0.15) is 18.9 Å². The Balaban J connectivity index is 1.59. The summed E-state index contributed by atoms with van der Waals surface area (Å²) in [5.41, 5.74) is 0.451. The Morgan fingerprint density at radius 2 is 2.30 bits per heavy atom. The van der Waals surface area contributed by atoms with Crippen LogP contribution in [0.15, 0.2) is 34.2 Å². The number of non-ortho nitro benzene ring substituents is 1. The number of hydrogen-bond donors (Lipinski definition) is 1. The first-order chi connectivity index (χ1) is 11.0. The zero-order valence-electron chi connectivity index (χ0n) is 11.8. The van der Waals surface area contributed by atoms with Crippen molar-refractivity contribution in [3.05, 3.63) is 39.1 Å². The van der Waals surface area contributed by atoms with Gasteiger partial charge >= 0.3 is 0 Å². The van der Waals surface area contributed by atoms with Gasteiger partial charge in [0.15, 0.2) is 5.16 Å². The van der Waals surface area contributed by atoms with Crippen LogP contribution in [0.5, 0.6) is 0 Å². The van der Waals surface area contributed by atoms with Gasteiger partial charge < -0.3 is 9.88 Å². The highest BCUT2D eigenvalue weighted by Crippen LogP contribution is 2.37. The Hall–Kier alpha value is -1.94. The molecule has 10 heteroatoms. The number of nitro groups is 1. The molecule has 3 rings (SSSR count). The number of hydrogen-bond acceptors (Lipinski definition) is 6. The summed E-state index contributed by atoms with van der Waals surface area (Å²) in [5.74, 6) is -0.0237. The second-order valence-electron chi connectivity index (χ2n) is 5.01. The predicted molar refractivity (Wildman–Crippen MR) is 88.4 cm³/mol. The lowest BCUT2D eigenvalue weighted by Crippen LogP contribution is -2.15. The van der Waals surface area contributed by atoms with Crippen LogP contribution in [0, 0.1) is 10.1 Å². The fourth-order valence-corrected chi connectivity index (χ4v) is 3.22. The number of anilines is 1. The topological polar surface area (TPSA) is 103 Å². The minimum atomic E-state index is -0.489. The summed E-state index contributed by atoms with van der Waals surface area (Å²) in [6, 6.07) is 4.65. The van der Waals surface area contributed by atoms with Crippen molar-refractivity contribution in [2.45, 2.75) is 24.0 Å². The second kappa shape index (κ2) is 6.67. The molecule has 120 valence electrons. The monoisotopic (exact) mass is 397 g/mol. The van der Waals surface area contributed by atoms with Crippen molar-refractivity contribution in [2.75, 3.05) is 11.1 Å². The van der Waals surface area contributed by atoms with Crippen molar-refractivity contribution in [3.8, 4) is 0 Å². The molecule has 1 aliphatic rings. The third-order valence-corrected chi connectivity index (χ3v) is 4.86. The van der Waals surface area contributed by atoms with E-state index < -0.39 is 4.92 Å². The maximum atomic E-state index is 12.0. The highest BCUT2D eigenvalue weighted by molar-refractivity contribution is 9.10. The summed E-state index contributed by atoms with van der Waals surface area (Å²) < 4.78 is 2.45. The van der Waals surface area contributed by atoms with Crippen LogP contribution in [0.2, 0.25) is 0 Å². The second-order valence-corrected chi connectivity index (χ2v) is 6.81. The van der Waals surface area contributed by atoms with Gasteiger partial charge in [0.2, 0.25) is 5.91 Å². The summed E-state index contributed by atoms with van der Waals surface area (Å²) in [6.45, 7) is 0. The number of nitrogens with zero attached hydrogens (tertiary/aromatic N) is 4. The van der Waals surface area contributed by atoms with Gasteiger partial charge in [0.25, 0.3) is 5.69 Å². The quantitative estimate of drug-likeness (QED) is 0.456. The number of nitrogens with one attached hydrogen (secondary N) is 1. The maximum absolute atomic E-state index is 12.0. The van der Waals surface area contributed by atoms with E-state index >= 15 is 0 Å². The van der Waals surface area contributed by atoms with Crippen molar-refractivity contribution < 1.29 is 9.72 Å². The fraction of sp³-hybridized carbons (Fsp3) is 0.308. The fourth-order valence-electron chi connectivity index (χ4n) is 1.97. The van der Waals surface area contributed by atoms with Gasteiger partial charge in [-0.2, -0.15) is 0 Å². The zero-order valence-corrected chi connectivity index (χ0v) is 14.2. The molecule has 0 spiro atoms. The van der Waals surface area contributed by atoms with Crippen LogP contribution in [0.4, 0.5) is 11.4 Å². The maximum Gasteiger partial charge on any atom is 0.270 e. The van der Waals surface area contributed by atoms with Gasteiger partial charge in [0.1, 0.15) is 6.33 Å². The van der Waals surface area contributed by atoms with Gasteiger partial charge in [0.05, 0.1) is 16.4 Å². The van der Waals surface area contributed by atoms with Crippen molar-refractivity contribution in [3.63, 3.8) is 0 Å². The molecule has 23 heavy (non-hydrogen) atoms. The van der Waals surface area contributed by atoms with Gasteiger partial charge in [-0.05, 0) is 34.8 Å². The molecule has 0 saturated heterocycles. The van der Waals surface area contributed by atoms with E-state index in [1.54, 1.807) is 6.33 Å². The molecule has 1 aliphatic carbocycles. The molecular formula is C13H12BrN5O3S. The van der Waals surface area contributed by atoms with Crippen LogP contribution in [-0.2, 0) is 4.79 Å². The SMILES string of the molecule is O=C(CSc1nncn1C1CC1)Nc1ccc([N+](=O)[O-])cc1Br. The molecule has 1 aromatic heterocycles. The molecule has 0 atom stereocenters. The van der Waals surface area contributed by atoms with Crippen molar-refractivity contribution in [1.29, 1.82) is 0 Å². The minimum Gasteiger partial charge on any atom is -0.324 e. The van der Waals surface area contributed by atoms with Gasteiger partial charge in [0, 0.05) is 22.6 Å². The van der Waals surface area contributed by atoms with E-state index in [0.717, 1.165) is 18.0 Å². The van der Waals surface area contributed by atoms with E-state index in [-0.39, 0.29) is 17.3 Å². The Labute approximate surface area is 143 Å². The smallest absolute Gasteiger partial charge is 0.270 e. The van der Waals surface area contributed by atoms with E-state index in [2.05, 4.69) is 31.4 Å². The summed E-state index contributed by atoms with van der Waals surface area (Å²) in [4.78, 5) is 22.2. The first-order valence-corrected chi connectivity index (χ1v) is 8.58. The predicted octanol–water partition coefficient (Wildman–Crippen LogP) is 3.01. The summed E-state index contributed by atoms with van der Waals surface area (Å²) in [6.07, 6.45) is 3.92.